The molecule has 0 unspecified atom stereocenters. The van der Waals surface area contributed by atoms with E-state index in [0.717, 1.165) is 10.9 Å². The zero-order valence-corrected chi connectivity index (χ0v) is 8.53. The maximum absolute atomic E-state index is 11.4. The highest BCUT2D eigenvalue weighted by Gasteiger charge is 2.10. The van der Waals surface area contributed by atoms with Gasteiger partial charge in [-0.15, -0.1) is 0 Å². The number of carbonyl (C=O) groups excluding carboxylic acids is 1. The van der Waals surface area contributed by atoms with Crippen molar-refractivity contribution in [2.45, 2.75) is 13.5 Å². The summed E-state index contributed by atoms with van der Waals surface area (Å²) in [5, 5.41) is 9.74. The van der Waals surface area contributed by atoms with Gasteiger partial charge in [0.25, 0.3) is 0 Å². The van der Waals surface area contributed by atoms with Crippen molar-refractivity contribution in [3.63, 3.8) is 0 Å². The normalized spacial score (nSPS) is 10.8. The maximum Gasteiger partial charge on any atom is 0.161 e. The predicted octanol–water partition coefficient (Wildman–Crippen LogP) is 1.64. The number of rotatable bonds is 3. The zero-order valence-electron chi connectivity index (χ0n) is 8.53. The quantitative estimate of drug-likeness (QED) is 0.769. The molecule has 3 heteroatoms. The SMILES string of the molecule is CC(=O)c1cn(CCO)c2ccc[c]c12. The Morgan fingerprint density at radius 1 is 1.60 bits per heavy atom. The number of fused-ring (bicyclic) bond motifs is 1. The summed E-state index contributed by atoms with van der Waals surface area (Å²) in [4.78, 5) is 11.4. The van der Waals surface area contributed by atoms with Crippen molar-refractivity contribution >= 4 is 16.7 Å². The van der Waals surface area contributed by atoms with Crippen molar-refractivity contribution in [1.29, 1.82) is 0 Å². The molecule has 0 aliphatic rings. The van der Waals surface area contributed by atoms with Crippen molar-refractivity contribution < 1.29 is 9.90 Å². The van der Waals surface area contributed by atoms with Crippen molar-refractivity contribution in [3.05, 3.63) is 36.0 Å². The Morgan fingerprint density at radius 2 is 2.40 bits per heavy atom. The van der Waals surface area contributed by atoms with Gasteiger partial charge in [-0.1, -0.05) is 12.1 Å². The third kappa shape index (κ3) is 1.66. The van der Waals surface area contributed by atoms with Crippen LogP contribution in [-0.4, -0.2) is 22.1 Å². The van der Waals surface area contributed by atoms with Crippen LogP contribution in [0.2, 0.25) is 0 Å². The summed E-state index contributed by atoms with van der Waals surface area (Å²) in [6, 6.07) is 8.65. The zero-order chi connectivity index (χ0) is 10.8. The first-order valence-corrected chi connectivity index (χ1v) is 4.85. The van der Waals surface area contributed by atoms with Crippen LogP contribution in [0.4, 0.5) is 0 Å². The first-order chi connectivity index (χ1) is 7.24. The number of aliphatic hydroxyl groups excluding tert-OH is 1. The van der Waals surface area contributed by atoms with Crippen molar-refractivity contribution in [2.75, 3.05) is 6.61 Å². The minimum Gasteiger partial charge on any atom is -0.395 e. The molecule has 77 valence electrons. The summed E-state index contributed by atoms with van der Waals surface area (Å²) in [5.74, 6) is 0.0270. The van der Waals surface area contributed by atoms with E-state index in [1.165, 1.54) is 0 Å². The largest absolute Gasteiger partial charge is 0.395 e. The standard InChI is InChI=1S/C12H12NO2/c1-9(15)11-8-13(6-7-14)12-5-3-2-4-10(11)12/h2-3,5,8,14H,6-7H2,1H3. The molecular formula is C12H12NO2. The van der Waals surface area contributed by atoms with E-state index in [4.69, 9.17) is 5.11 Å². The third-order valence-corrected chi connectivity index (χ3v) is 2.42. The molecule has 2 aromatic rings. The van der Waals surface area contributed by atoms with Gasteiger partial charge in [-0.2, -0.15) is 0 Å². The fourth-order valence-electron chi connectivity index (χ4n) is 1.73. The molecule has 2 rings (SSSR count). The summed E-state index contributed by atoms with van der Waals surface area (Å²) in [7, 11) is 0. The molecule has 15 heavy (non-hydrogen) atoms. The van der Waals surface area contributed by atoms with Crippen LogP contribution in [0.5, 0.6) is 0 Å². The minimum atomic E-state index is 0.0270. The Bertz CT molecular complexity index is 499. The summed E-state index contributed by atoms with van der Waals surface area (Å²) in [6.45, 7) is 2.11. The molecule has 0 saturated carbocycles. The fourth-order valence-corrected chi connectivity index (χ4v) is 1.73. The molecule has 0 spiro atoms. The van der Waals surface area contributed by atoms with Gasteiger partial charge < -0.3 is 9.67 Å². The van der Waals surface area contributed by atoms with E-state index < -0.39 is 0 Å². The molecule has 1 radical (unpaired) electrons. The average molecular weight is 202 g/mol. The lowest BCUT2D eigenvalue weighted by atomic mass is 10.1. The molecule has 1 N–H and O–H groups in total. The number of carbonyl (C=O) groups is 1. The Morgan fingerprint density at radius 3 is 3.07 bits per heavy atom. The van der Waals surface area contributed by atoms with Crippen molar-refractivity contribution in [2.24, 2.45) is 0 Å². The molecule has 0 aliphatic carbocycles. The lowest BCUT2D eigenvalue weighted by Gasteiger charge is -2.00. The Labute approximate surface area is 87.9 Å². The number of Topliss-reactive ketones (excluding diaryl/α,β-unsaturated/α-hetero) is 1. The van der Waals surface area contributed by atoms with E-state index in [0.29, 0.717) is 12.1 Å². The van der Waals surface area contributed by atoms with Gasteiger partial charge in [-0.05, 0) is 19.1 Å². The Balaban J connectivity index is 2.67. The molecular weight excluding hydrogens is 190 g/mol. The van der Waals surface area contributed by atoms with Crippen LogP contribution < -0.4 is 0 Å². The van der Waals surface area contributed by atoms with E-state index in [2.05, 4.69) is 6.07 Å². The Hall–Kier alpha value is -1.61. The molecule has 1 aromatic carbocycles. The van der Waals surface area contributed by atoms with Crippen LogP contribution in [0.3, 0.4) is 0 Å². The van der Waals surface area contributed by atoms with Crippen LogP contribution in [-0.2, 0) is 6.54 Å². The highest BCUT2D eigenvalue weighted by molar-refractivity contribution is 6.06. The number of hydrogen-bond donors (Lipinski definition) is 1. The highest BCUT2D eigenvalue weighted by Crippen LogP contribution is 2.20. The number of aliphatic hydroxyl groups is 1. The molecule has 0 amide bonds. The van der Waals surface area contributed by atoms with E-state index in [1.54, 1.807) is 19.2 Å². The summed E-state index contributed by atoms with van der Waals surface area (Å²) >= 11 is 0. The third-order valence-electron chi connectivity index (χ3n) is 2.42. The predicted molar refractivity (Wildman–Crippen MR) is 57.9 cm³/mol. The smallest absolute Gasteiger partial charge is 0.161 e. The van der Waals surface area contributed by atoms with Gasteiger partial charge in [0.15, 0.2) is 5.78 Å². The molecule has 0 aliphatic heterocycles. The second-order valence-corrected chi connectivity index (χ2v) is 3.45. The molecule has 1 heterocycles. The number of hydrogen-bond acceptors (Lipinski definition) is 2. The maximum atomic E-state index is 11.4. The van der Waals surface area contributed by atoms with Crippen LogP contribution in [0.15, 0.2) is 24.4 Å². The van der Waals surface area contributed by atoms with E-state index in [9.17, 15) is 4.79 Å². The lowest BCUT2D eigenvalue weighted by Crippen LogP contribution is -2.00. The average Bonchev–Trinajstić information content (AvgIpc) is 2.59. The highest BCUT2D eigenvalue weighted by atomic mass is 16.3. The molecule has 0 bridgehead atoms. The van der Waals surface area contributed by atoms with Crippen LogP contribution in [0, 0.1) is 6.07 Å². The molecule has 0 atom stereocenters. The van der Waals surface area contributed by atoms with Gasteiger partial charge in [-0.25, -0.2) is 0 Å². The molecule has 1 aromatic heterocycles. The first kappa shape index (κ1) is 9.93. The van der Waals surface area contributed by atoms with Crippen LogP contribution in [0.1, 0.15) is 17.3 Å². The van der Waals surface area contributed by atoms with Gasteiger partial charge in [-0.3, -0.25) is 4.79 Å². The summed E-state index contributed by atoms with van der Waals surface area (Å²) in [5.41, 5.74) is 1.61. The molecule has 0 fully saturated rings. The number of nitrogens with zero attached hydrogens (tertiary/aromatic N) is 1. The topological polar surface area (TPSA) is 42.2 Å². The number of benzene rings is 1. The second kappa shape index (κ2) is 3.87. The lowest BCUT2D eigenvalue weighted by molar-refractivity contribution is 0.101. The number of ketones is 1. The van der Waals surface area contributed by atoms with Gasteiger partial charge in [0.2, 0.25) is 0 Å². The van der Waals surface area contributed by atoms with Crippen molar-refractivity contribution in [3.8, 4) is 0 Å². The van der Waals surface area contributed by atoms with E-state index >= 15 is 0 Å². The van der Waals surface area contributed by atoms with Gasteiger partial charge in [0.1, 0.15) is 0 Å². The van der Waals surface area contributed by atoms with Crippen LogP contribution in [0.25, 0.3) is 10.9 Å². The molecule has 0 saturated heterocycles. The van der Waals surface area contributed by atoms with Crippen LogP contribution >= 0.6 is 0 Å². The van der Waals surface area contributed by atoms with E-state index in [-0.39, 0.29) is 12.4 Å². The number of aromatic nitrogens is 1. The summed E-state index contributed by atoms with van der Waals surface area (Å²) in [6.07, 6.45) is 1.78. The second-order valence-electron chi connectivity index (χ2n) is 3.45. The van der Waals surface area contributed by atoms with Gasteiger partial charge in [0, 0.05) is 29.2 Å². The van der Waals surface area contributed by atoms with Gasteiger partial charge in [0.05, 0.1) is 6.61 Å². The molecule has 3 nitrogen and oxygen atoms in total. The monoisotopic (exact) mass is 202 g/mol. The fraction of sp³-hybridized carbons (Fsp3) is 0.250. The van der Waals surface area contributed by atoms with Crippen molar-refractivity contribution in [1.82, 2.24) is 4.57 Å². The van der Waals surface area contributed by atoms with E-state index in [1.807, 2.05) is 16.7 Å². The Kier molecular flexibility index (Phi) is 2.56. The minimum absolute atomic E-state index is 0.0270. The van der Waals surface area contributed by atoms with Gasteiger partial charge >= 0.3 is 0 Å². The summed E-state index contributed by atoms with van der Waals surface area (Å²) < 4.78 is 1.88. The first-order valence-electron chi connectivity index (χ1n) is 4.85.